The van der Waals surface area contributed by atoms with E-state index in [0.717, 1.165) is 0 Å². The molecule has 2 aromatic rings. The molecule has 0 spiro atoms. The van der Waals surface area contributed by atoms with Gasteiger partial charge in [-0.1, -0.05) is 0 Å². The third kappa shape index (κ3) is 4.28. The van der Waals surface area contributed by atoms with Gasteiger partial charge in [0.2, 0.25) is 5.78 Å². The molecule has 0 aliphatic heterocycles. The van der Waals surface area contributed by atoms with Crippen molar-refractivity contribution >= 4 is 17.7 Å². The minimum Gasteiger partial charge on any atom is -0.507 e. The van der Waals surface area contributed by atoms with Crippen molar-refractivity contribution in [3.8, 4) is 11.5 Å². The summed E-state index contributed by atoms with van der Waals surface area (Å²) < 4.78 is 15.0. The van der Waals surface area contributed by atoms with E-state index in [1.165, 1.54) is 25.3 Å². The first kappa shape index (κ1) is 20.0. The van der Waals surface area contributed by atoms with Crippen LogP contribution in [0.4, 0.5) is 0 Å². The van der Waals surface area contributed by atoms with Crippen LogP contribution in [0.5, 0.6) is 11.5 Å². The van der Waals surface area contributed by atoms with Gasteiger partial charge in [-0.25, -0.2) is 9.59 Å². The average Bonchev–Trinajstić information content (AvgIpc) is 2.94. The van der Waals surface area contributed by atoms with Crippen molar-refractivity contribution in [2.24, 2.45) is 0 Å². The Balaban J connectivity index is 2.13. The highest BCUT2D eigenvalue weighted by molar-refractivity contribution is 6.03. The van der Waals surface area contributed by atoms with Crippen molar-refractivity contribution in [2.45, 2.75) is 20.8 Å². The third-order valence-electron chi connectivity index (χ3n) is 3.95. The molecule has 2 N–H and O–H groups in total. The minimum absolute atomic E-state index is 0.117. The van der Waals surface area contributed by atoms with Gasteiger partial charge in [-0.2, -0.15) is 0 Å². The first-order valence-corrected chi connectivity index (χ1v) is 8.23. The van der Waals surface area contributed by atoms with E-state index in [4.69, 9.17) is 14.2 Å². The number of methoxy groups -OCH3 is 1. The van der Waals surface area contributed by atoms with E-state index >= 15 is 0 Å². The number of phenolic OH excluding ortho intramolecular Hbond substituents is 1. The smallest absolute Gasteiger partial charge is 0.342 e. The number of nitrogens with one attached hydrogen (secondary N) is 1. The fourth-order valence-corrected chi connectivity index (χ4v) is 2.62. The number of carbonyl (C=O) groups is 3. The van der Waals surface area contributed by atoms with E-state index in [9.17, 15) is 19.5 Å². The lowest BCUT2D eigenvalue weighted by molar-refractivity contribution is 0.0469. The number of aromatic nitrogens is 1. The van der Waals surface area contributed by atoms with Gasteiger partial charge in [0.25, 0.3) is 0 Å². The predicted octanol–water partition coefficient (Wildman–Crippen LogP) is 2.56. The highest BCUT2D eigenvalue weighted by Gasteiger charge is 2.24. The van der Waals surface area contributed by atoms with E-state index in [0.29, 0.717) is 17.0 Å². The first-order chi connectivity index (χ1) is 12.8. The molecule has 8 nitrogen and oxygen atoms in total. The van der Waals surface area contributed by atoms with Gasteiger partial charge >= 0.3 is 11.9 Å². The first-order valence-electron chi connectivity index (χ1n) is 8.23. The molecule has 0 radical (unpaired) electrons. The Morgan fingerprint density at radius 1 is 1.11 bits per heavy atom. The van der Waals surface area contributed by atoms with Gasteiger partial charge in [-0.15, -0.1) is 0 Å². The van der Waals surface area contributed by atoms with Crippen LogP contribution in [0.15, 0.2) is 18.2 Å². The van der Waals surface area contributed by atoms with Crippen molar-refractivity contribution in [1.29, 1.82) is 0 Å². The zero-order valence-electron chi connectivity index (χ0n) is 15.5. The normalized spacial score (nSPS) is 10.4. The second-order valence-corrected chi connectivity index (χ2v) is 5.73. The fraction of sp³-hybridized carbons (Fsp3) is 0.316. The van der Waals surface area contributed by atoms with Crippen molar-refractivity contribution in [2.75, 3.05) is 20.3 Å². The molecule has 0 atom stereocenters. The maximum atomic E-state index is 12.4. The van der Waals surface area contributed by atoms with Crippen LogP contribution in [-0.4, -0.2) is 48.1 Å². The van der Waals surface area contributed by atoms with Gasteiger partial charge in [0.15, 0.2) is 6.61 Å². The maximum Gasteiger partial charge on any atom is 0.342 e. The average molecular weight is 375 g/mol. The second kappa shape index (κ2) is 8.39. The molecule has 0 unspecified atom stereocenters. The molecule has 2 rings (SSSR count). The Kier molecular flexibility index (Phi) is 6.23. The number of ether oxygens (including phenoxy) is 3. The van der Waals surface area contributed by atoms with Crippen LogP contribution in [0.1, 0.15) is 49.4 Å². The van der Waals surface area contributed by atoms with Gasteiger partial charge in [0.05, 0.1) is 25.0 Å². The topological polar surface area (TPSA) is 115 Å². The minimum atomic E-state index is -0.869. The lowest BCUT2D eigenvalue weighted by Gasteiger charge is -2.08. The van der Waals surface area contributed by atoms with Crippen LogP contribution < -0.4 is 4.74 Å². The van der Waals surface area contributed by atoms with E-state index in [-0.39, 0.29) is 29.2 Å². The van der Waals surface area contributed by atoms with Crippen LogP contribution >= 0.6 is 0 Å². The number of hydrogen-bond donors (Lipinski definition) is 2. The summed E-state index contributed by atoms with van der Waals surface area (Å²) in [4.78, 5) is 39.4. The number of aromatic hydroxyl groups is 1. The monoisotopic (exact) mass is 375 g/mol. The molecule has 1 aromatic heterocycles. The van der Waals surface area contributed by atoms with Crippen molar-refractivity contribution in [3.63, 3.8) is 0 Å². The van der Waals surface area contributed by atoms with E-state index in [1.807, 2.05) is 0 Å². The molecular weight excluding hydrogens is 354 g/mol. The summed E-state index contributed by atoms with van der Waals surface area (Å²) >= 11 is 0. The maximum absolute atomic E-state index is 12.4. The fourth-order valence-electron chi connectivity index (χ4n) is 2.62. The number of aryl methyl sites for hydroxylation is 1. The Morgan fingerprint density at radius 3 is 2.44 bits per heavy atom. The molecule has 0 fully saturated rings. The molecule has 0 aliphatic carbocycles. The van der Waals surface area contributed by atoms with Gasteiger partial charge in [-0.3, -0.25) is 4.79 Å². The number of Topliss-reactive ketones (excluding diaryl/α,β-unsaturated/α-hetero) is 1. The van der Waals surface area contributed by atoms with Crippen molar-refractivity contribution in [1.82, 2.24) is 4.98 Å². The van der Waals surface area contributed by atoms with Crippen LogP contribution in [0.25, 0.3) is 0 Å². The zero-order chi connectivity index (χ0) is 20.1. The number of benzene rings is 1. The van der Waals surface area contributed by atoms with Crippen LogP contribution in [0.3, 0.4) is 0 Å². The Labute approximate surface area is 156 Å². The van der Waals surface area contributed by atoms with E-state index < -0.39 is 24.3 Å². The molecule has 1 heterocycles. The number of esters is 2. The summed E-state index contributed by atoms with van der Waals surface area (Å²) in [7, 11) is 1.42. The standard InChI is InChI=1S/C19H21NO7/c1-5-26-19(24)16-10(2)17(20-11(16)3)15(22)9-27-18(23)13-8-12(25-4)6-7-14(13)21/h6-8,20-21H,5,9H2,1-4H3. The van der Waals surface area contributed by atoms with Gasteiger partial charge in [0, 0.05) is 5.69 Å². The molecule has 0 bridgehead atoms. The van der Waals surface area contributed by atoms with Crippen LogP contribution in [0, 0.1) is 13.8 Å². The van der Waals surface area contributed by atoms with Gasteiger partial charge in [0.1, 0.15) is 17.1 Å². The lowest BCUT2D eigenvalue weighted by Crippen LogP contribution is -2.16. The molecular formula is C19H21NO7. The zero-order valence-corrected chi connectivity index (χ0v) is 15.5. The predicted molar refractivity (Wildman–Crippen MR) is 95.5 cm³/mol. The molecule has 8 heteroatoms. The summed E-state index contributed by atoms with van der Waals surface area (Å²) in [5.74, 6) is -1.83. The van der Waals surface area contributed by atoms with Crippen LogP contribution in [-0.2, 0) is 9.47 Å². The molecule has 144 valence electrons. The third-order valence-corrected chi connectivity index (χ3v) is 3.95. The summed E-state index contributed by atoms with van der Waals surface area (Å²) in [5, 5.41) is 9.78. The molecule has 1 aromatic carbocycles. The molecule has 0 amide bonds. The molecule has 0 saturated carbocycles. The van der Waals surface area contributed by atoms with Crippen LogP contribution in [0.2, 0.25) is 0 Å². The largest absolute Gasteiger partial charge is 0.507 e. The lowest BCUT2D eigenvalue weighted by atomic mass is 10.1. The second-order valence-electron chi connectivity index (χ2n) is 5.73. The Morgan fingerprint density at radius 2 is 1.81 bits per heavy atom. The number of phenols is 1. The summed E-state index contributed by atoms with van der Waals surface area (Å²) in [6.07, 6.45) is 0. The number of aromatic amines is 1. The number of rotatable bonds is 7. The van der Waals surface area contributed by atoms with Gasteiger partial charge < -0.3 is 24.3 Å². The number of H-pyrrole nitrogens is 1. The Bertz CT molecular complexity index is 882. The summed E-state index contributed by atoms with van der Waals surface area (Å²) in [6.45, 7) is 4.61. The summed E-state index contributed by atoms with van der Waals surface area (Å²) in [5.41, 5.74) is 1.26. The van der Waals surface area contributed by atoms with E-state index in [1.54, 1.807) is 20.8 Å². The number of carbonyl (C=O) groups excluding carboxylic acids is 3. The molecule has 0 saturated heterocycles. The number of ketones is 1. The summed E-state index contributed by atoms with van der Waals surface area (Å²) in [6, 6.07) is 4.09. The highest BCUT2D eigenvalue weighted by atomic mass is 16.5. The molecule has 27 heavy (non-hydrogen) atoms. The quantitative estimate of drug-likeness (QED) is 0.564. The van der Waals surface area contributed by atoms with Gasteiger partial charge in [-0.05, 0) is 44.5 Å². The Hall–Kier alpha value is -3.29. The number of hydrogen-bond acceptors (Lipinski definition) is 7. The highest BCUT2D eigenvalue weighted by Crippen LogP contribution is 2.24. The van der Waals surface area contributed by atoms with Crippen molar-refractivity contribution < 1.29 is 33.7 Å². The SMILES string of the molecule is CCOC(=O)c1c(C)[nH]c(C(=O)COC(=O)c2cc(OC)ccc2O)c1C. The van der Waals surface area contributed by atoms with Crippen molar-refractivity contribution in [3.05, 3.63) is 46.3 Å². The molecule has 0 aliphatic rings. The van der Waals surface area contributed by atoms with E-state index in [2.05, 4.69) is 4.98 Å².